The van der Waals surface area contributed by atoms with Crippen molar-refractivity contribution in [1.82, 2.24) is 24.6 Å². The molecule has 1 saturated heterocycles. The molecule has 0 unspecified atom stereocenters. The van der Waals surface area contributed by atoms with Crippen molar-refractivity contribution in [3.8, 4) is 0 Å². The molecule has 2 aliphatic rings. The number of carbonyl (C=O) groups is 1. The second kappa shape index (κ2) is 7.00. The number of hydrogen-bond acceptors (Lipinski definition) is 6. The van der Waals surface area contributed by atoms with E-state index in [-0.39, 0.29) is 11.9 Å². The Labute approximate surface area is 144 Å². The van der Waals surface area contributed by atoms with E-state index in [1.54, 1.807) is 11.3 Å². The van der Waals surface area contributed by atoms with E-state index in [0.717, 1.165) is 30.3 Å². The molecular weight excluding hydrogens is 326 g/mol. The van der Waals surface area contributed by atoms with Gasteiger partial charge in [0.05, 0.1) is 37.9 Å². The maximum Gasteiger partial charge on any atom is 0.224 e. The number of nitrogens with zero attached hydrogens (tertiary/aromatic N) is 5. The maximum absolute atomic E-state index is 12.6. The van der Waals surface area contributed by atoms with E-state index in [4.69, 9.17) is 4.74 Å². The van der Waals surface area contributed by atoms with E-state index in [9.17, 15) is 4.79 Å². The molecule has 128 valence electrons. The zero-order valence-electron chi connectivity index (χ0n) is 13.5. The van der Waals surface area contributed by atoms with Gasteiger partial charge in [-0.25, -0.2) is 4.98 Å². The fourth-order valence-corrected chi connectivity index (χ4v) is 4.06. The lowest BCUT2D eigenvalue weighted by Gasteiger charge is -2.35. The minimum Gasteiger partial charge on any atom is -0.378 e. The predicted octanol–water partition coefficient (Wildman–Crippen LogP) is 1.15. The van der Waals surface area contributed by atoms with Gasteiger partial charge in [-0.05, 0) is 6.07 Å². The standard InChI is InChI=1S/C16H21N5O2S/c22-16(20-4-6-23-7-5-20)9-14-11-19(12-15-17-3-8-24-15)10-13-1-2-18-21(13)14/h1-3,8,14H,4-7,9-12H2/t14-/m1/s1. The molecule has 0 N–H and O–H groups in total. The van der Waals surface area contributed by atoms with Crippen LogP contribution < -0.4 is 0 Å². The topological polar surface area (TPSA) is 63.5 Å². The van der Waals surface area contributed by atoms with Crippen LogP contribution in [0, 0.1) is 0 Å². The number of amides is 1. The highest BCUT2D eigenvalue weighted by Gasteiger charge is 2.29. The monoisotopic (exact) mass is 347 g/mol. The van der Waals surface area contributed by atoms with Gasteiger partial charge >= 0.3 is 0 Å². The van der Waals surface area contributed by atoms with Crippen LogP contribution in [0.2, 0.25) is 0 Å². The Morgan fingerprint density at radius 1 is 1.33 bits per heavy atom. The third-order valence-corrected chi connectivity index (χ3v) is 5.33. The molecule has 24 heavy (non-hydrogen) atoms. The summed E-state index contributed by atoms with van der Waals surface area (Å²) in [5.41, 5.74) is 1.16. The van der Waals surface area contributed by atoms with Crippen LogP contribution in [0.4, 0.5) is 0 Å². The smallest absolute Gasteiger partial charge is 0.224 e. The molecule has 2 aromatic heterocycles. The Balaban J connectivity index is 1.46. The maximum atomic E-state index is 12.6. The zero-order valence-corrected chi connectivity index (χ0v) is 14.3. The van der Waals surface area contributed by atoms with Gasteiger partial charge in [0.25, 0.3) is 0 Å². The van der Waals surface area contributed by atoms with E-state index in [2.05, 4.69) is 15.0 Å². The van der Waals surface area contributed by atoms with Crippen molar-refractivity contribution in [2.45, 2.75) is 25.6 Å². The summed E-state index contributed by atoms with van der Waals surface area (Å²) in [5.74, 6) is 0.195. The number of fused-ring (bicyclic) bond motifs is 1. The minimum atomic E-state index is 0.0825. The molecule has 2 aliphatic heterocycles. The Bertz CT molecular complexity index is 680. The highest BCUT2D eigenvalue weighted by molar-refractivity contribution is 7.09. The first kappa shape index (κ1) is 15.7. The summed E-state index contributed by atoms with van der Waals surface area (Å²) in [5, 5.41) is 7.56. The molecule has 0 saturated carbocycles. The van der Waals surface area contributed by atoms with E-state index < -0.39 is 0 Å². The van der Waals surface area contributed by atoms with Crippen molar-refractivity contribution in [3.05, 3.63) is 34.5 Å². The first-order valence-corrected chi connectivity index (χ1v) is 9.16. The lowest BCUT2D eigenvalue weighted by atomic mass is 10.1. The SMILES string of the molecule is O=C(C[C@@H]1CN(Cc2nccs2)Cc2ccnn21)N1CCOCC1. The fourth-order valence-electron chi connectivity index (χ4n) is 3.40. The number of ether oxygens (including phenoxy) is 1. The van der Waals surface area contributed by atoms with Gasteiger partial charge in [-0.1, -0.05) is 0 Å². The van der Waals surface area contributed by atoms with Crippen LogP contribution in [-0.2, 0) is 22.6 Å². The number of morpholine rings is 1. The molecule has 2 aromatic rings. The Kier molecular flexibility index (Phi) is 4.59. The van der Waals surface area contributed by atoms with Gasteiger partial charge in [0.15, 0.2) is 0 Å². The summed E-state index contributed by atoms with van der Waals surface area (Å²) in [6.45, 7) is 5.16. The van der Waals surface area contributed by atoms with Crippen molar-refractivity contribution in [3.63, 3.8) is 0 Å². The summed E-state index contributed by atoms with van der Waals surface area (Å²) in [4.78, 5) is 21.3. The molecule has 0 aliphatic carbocycles. The molecular formula is C16H21N5O2S. The van der Waals surface area contributed by atoms with Gasteiger partial charge in [0.2, 0.25) is 5.91 Å². The number of rotatable bonds is 4. The summed E-state index contributed by atoms with van der Waals surface area (Å²) in [6, 6.07) is 2.12. The largest absolute Gasteiger partial charge is 0.378 e. The number of carbonyl (C=O) groups excluding carboxylic acids is 1. The molecule has 4 rings (SSSR count). The molecule has 0 aromatic carbocycles. The molecule has 1 atom stereocenters. The molecule has 7 nitrogen and oxygen atoms in total. The Hall–Kier alpha value is -1.77. The minimum absolute atomic E-state index is 0.0825. The van der Waals surface area contributed by atoms with Crippen molar-refractivity contribution in [1.29, 1.82) is 0 Å². The molecule has 0 radical (unpaired) electrons. The van der Waals surface area contributed by atoms with Crippen LogP contribution in [0.1, 0.15) is 23.2 Å². The average molecular weight is 347 g/mol. The van der Waals surface area contributed by atoms with Crippen LogP contribution in [0.5, 0.6) is 0 Å². The molecule has 0 bridgehead atoms. The Morgan fingerprint density at radius 2 is 2.21 bits per heavy atom. The van der Waals surface area contributed by atoms with Gasteiger partial charge in [0.1, 0.15) is 5.01 Å². The zero-order chi connectivity index (χ0) is 16.4. The lowest BCUT2D eigenvalue weighted by molar-refractivity contribution is -0.136. The first-order valence-electron chi connectivity index (χ1n) is 8.28. The number of hydrogen-bond donors (Lipinski definition) is 0. The van der Waals surface area contributed by atoms with Crippen molar-refractivity contribution in [2.24, 2.45) is 0 Å². The van der Waals surface area contributed by atoms with Crippen molar-refractivity contribution < 1.29 is 9.53 Å². The number of thiazole rings is 1. The quantitative estimate of drug-likeness (QED) is 0.830. The van der Waals surface area contributed by atoms with Gasteiger partial charge < -0.3 is 9.64 Å². The highest BCUT2D eigenvalue weighted by atomic mass is 32.1. The second-order valence-corrected chi connectivity index (χ2v) is 7.19. The summed E-state index contributed by atoms with van der Waals surface area (Å²) >= 11 is 1.67. The van der Waals surface area contributed by atoms with Crippen LogP contribution in [-0.4, -0.2) is 63.3 Å². The van der Waals surface area contributed by atoms with E-state index in [1.807, 2.05) is 33.4 Å². The summed E-state index contributed by atoms with van der Waals surface area (Å²) in [7, 11) is 0. The fraction of sp³-hybridized carbons (Fsp3) is 0.562. The van der Waals surface area contributed by atoms with Crippen molar-refractivity contribution in [2.75, 3.05) is 32.8 Å². The molecule has 4 heterocycles. The predicted molar refractivity (Wildman–Crippen MR) is 89.5 cm³/mol. The van der Waals surface area contributed by atoms with Gasteiger partial charge in [0, 0.05) is 44.0 Å². The highest BCUT2D eigenvalue weighted by Crippen LogP contribution is 2.25. The third kappa shape index (κ3) is 3.35. The van der Waals surface area contributed by atoms with E-state index in [0.29, 0.717) is 32.7 Å². The van der Waals surface area contributed by atoms with Gasteiger partial charge in [-0.15, -0.1) is 11.3 Å². The average Bonchev–Trinajstić information content (AvgIpc) is 3.27. The van der Waals surface area contributed by atoms with Crippen LogP contribution in [0.3, 0.4) is 0 Å². The summed E-state index contributed by atoms with van der Waals surface area (Å²) in [6.07, 6.45) is 4.16. The molecule has 0 spiro atoms. The molecule has 1 amide bonds. The molecule has 8 heteroatoms. The van der Waals surface area contributed by atoms with Gasteiger partial charge in [-0.3, -0.25) is 14.4 Å². The van der Waals surface area contributed by atoms with Crippen LogP contribution >= 0.6 is 11.3 Å². The van der Waals surface area contributed by atoms with Crippen LogP contribution in [0.15, 0.2) is 23.8 Å². The summed E-state index contributed by atoms with van der Waals surface area (Å²) < 4.78 is 7.36. The van der Waals surface area contributed by atoms with Gasteiger partial charge in [-0.2, -0.15) is 5.10 Å². The van der Waals surface area contributed by atoms with E-state index in [1.165, 1.54) is 0 Å². The van der Waals surface area contributed by atoms with E-state index >= 15 is 0 Å². The first-order chi connectivity index (χ1) is 11.8. The normalized spacial score (nSPS) is 21.7. The molecule has 1 fully saturated rings. The lowest BCUT2D eigenvalue weighted by Crippen LogP contribution is -2.44. The second-order valence-electron chi connectivity index (χ2n) is 6.21. The number of aromatic nitrogens is 3. The van der Waals surface area contributed by atoms with Crippen LogP contribution in [0.25, 0.3) is 0 Å². The third-order valence-electron chi connectivity index (χ3n) is 4.57. The Morgan fingerprint density at radius 3 is 3.00 bits per heavy atom. The van der Waals surface area contributed by atoms with Crippen molar-refractivity contribution >= 4 is 17.2 Å².